The van der Waals surface area contributed by atoms with Crippen molar-refractivity contribution in [1.82, 2.24) is 15.1 Å². The molecule has 1 amide bonds. The zero-order valence-corrected chi connectivity index (χ0v) is 14.7. The van der Waals surface area contributed by atoms with Crippen LogP contribution in [-0.2, 0) is 6.54 Å². The normalized spacial score (nSPS) is 10.5. The topological polar surface area (TPSA) is 58.1 Å². The Morgan fingerprint density at radius 1 is 1.00 bits per heavy atom. The summed E-state index contributed by atoms with van der Waals surface area (Å²) in [5.41, 5.74) is 2.82. The Bertz CT molecular complexity index is 631. The van der Waals surface area contributed by atoms with Gasteiger partial charge >= 0.3 is 0 Å². The van der Waals surface area contributed by atoms with Gasteiger partial charge in [-0.3, -0.25) is 4.79 Å². The van der Waals surface area contributed by atoms with Crippen LogP contribution in [0.5, 0.6) is 0 Å². The van der Waals surface area contributed by atoms with Crippen LogP contribution >= 0.6 is 0 Å². The summed E-state index contributed by atoms with van der Waals surface area (Å²) in [7, 11) is 0. The summed E-state index contributed by atoms with van der Waals surface area (Å²) in [6.07, 6.45) is 1.88. The number of hydrogen-bond acceptors (Lipinski definition) is 4. The van der Waals surface area contributed by atoms with Gasteiger partial charge in [-0.25, -0.2) is 0 Å². The zero-order chi connectivity index (χ0) is 17.4. The van der Waals surface area contributed by atoms with E-state index in [0.29, 0.717) is 18.1 Å². The number of rotatable bonds is 8. The van der Waals surface area contributed by atoms with E-state index in [1.807, 2.05) is 11.0 Å². The molecule has 0 unspecified atom stereocenters. The van der Waals surface area contributed by atoms with E-state index in [2.05, 4.69) is 60.6 Å². The number of aryl methyl sites for hydroxylation is 1. The molecular formula is C19H26N4O. The van der Waals surface area contributed by atoms with Crippen LogP contribution in [0.4, 0.5) is 5.82 Å². The van der Waals surface area contributed by atoms with Crippen molar-refractivity contribution in [3.05, 3.63) is 53.2 Å². The number of benzene rings is 1. The zero-order valence-electron chi connectivity index (χ0n) is 14.7. The SMILES string of the molecule is CCCN(CCC)C(=O)c1ccc(NCc2ccc(C)cc2)nn1. The fourth-order valence-electron chi connectivity index (χ4n) is 2.46. The number of aromatic nitrogens is 2. The minimum absolute atomic E-state index is 0.0451. The quantitative estimate of drug-likeness (QED) is 0.804. The van der Waals surface area contributed by atoms with E-state index in [-0.39, 0.29) is 5.91 Å². The third-order valence-electron chi connectivity index (χ3n) is 3.75. The van der Waals surface area contributed by atoms with Crippen molar-refractivity contribution in [2.24, 2.45) is 0 Å². The molecule has 0 bridgehead atoms. The number of anilines is 1. The number of carbonyl (C=O) groups is 1. The molecule has 5 heteroatoms. The number of amides is 1. The fraction of sp³-hybridized carbons (Fsp3) is 0.421. The van der Waals surface area contributed by atoms with Crippen LogP contribution in [0.3, 0.4) is 0 Å². The Balaban J connectivity index is 1.96. The largest absolute Gasteiger partial charge is 0.365 e. The highest BCUT2D eigenvalue weighted by Crippen LogP contribution is 2.09. The molecule has 128 valence electrons. The summed E-state index contributed by atoms with van der Waals surface area (Å²) in [4.78, 5) is 14.3. The van der Waals surface area contributed by atoms with E-state index in [1.54, 1.807) is 6.07 Å². The van der Waals surface area contributed by atoms with Crippen molar-refractivity contribution in [3.63, 3.8) is 0 Å². The van der Waals surface area contributed by atoms with Gasteiger partial charge in [-0.2, -0.15) is 0 Å². The number of carbonyl (C=O) groups excluding carboxylic acids is 1. The third kappa shape index (κ3) is 5.05. The Kier molecular flexibility index (Phi) is 6.73. The van der Waals surface area contributed by atoms with E-state index in [4.69, 9.17) is 0 Å². The van der Waals surface area contributed by atoms with Gasteiger partial charge in [0.25, 0.3) is 5.91 Å². The summed E-state index contributed by atoms with van der Waals surface area (Å²) >= 11 is 0. The van der Waals surface area contributed by atoms with E-state index in [0.717, 1.165) is 25.9 Å². The first-order valence-corrected chi connectivity index (χ1v) is 8.56. The summed E-state index contributed by atoms with van der Waals surface area (Å²) in [5.74, 6) is 0.626. The molecule has 0 saturated heterocycles. The van der Waals surface area contributed by atoms with Crippen LogP contribution in [0.15, 0.2) is 36.4 Å². The third-order valence-corrected chi connectivity index (χ3v) is 3.75. The first-order valence-electron chi connectivity index (χ1n) is 8.56. The molecule has 2 rings (SSSR count). The van der Waals surface area contributed by atoms with Crippen LogP contribution in [0.2, 0.25) is 0 Å². The maximum absolute atomic E-state index is 12.5. The Morgan fingerprint density at radius 3 is 2.21 bits per heavy atom. The smallest absolute Gasteiger partial charge is 0.274 e. The van der Waals surface area contributed by atoms with Gasteiger partial charge in [-0.05, 0) is 37.5 Å². The second-order valence-electron chi connectivity index (χ2n) is 5.94. The molecule has 0 radical (unpaired) electrons. The van der Waals surface area contributed by atoms with Crippen molar-refractivity contribution in [3.8, 4) is 0 Å². The molecule has 1 N–H and O–H groups in total. The molecular weight excluding hydrogens is 300 g/mol. The van der Waals surface area contributed by atoms with Gasteiger partial charge in [0.1, 0.15) is 5.82 Å². The van der Waals surface area contributed by atoms with Gasteiger partial charge in [0.2, 0.25) is 0 Å². The maximum Gasteiger partial charge on any atom is 0.274 e. The summed E-state index contributed by atoms with van der Waals surface area (Å²) in [5, 5.41) is 11.4. The fourth-order valence-corrected chi connectivity index (χ4v) is 2.46. The van der Waals surface area contributed by atoms with Gasteiger partial charge < -0.3 is 10.2 Å². The Labute approximate surface area is 144 Å². The number of hydrogen-bond donors (Lipinski definition) is 1. The molecule has 2 aromatic rings. The lowest BCUT2D eigenvalue weighted by atomic mass is 10.1. The van der Waals surface area contributed by atoms with Crippen molar-refractivity contribution in [1.29, 1.82) is 0 Å². The van der Waals surface area contributed by atoms with Crippen LogP contribution in [0, 0.1) is 6.92 Å². The molecule has 0 spiro atoms. The van der Waals surface area contributed by atoms with Crippen LogP contribution in [-0.4, -0.2) is 34.1 Å². The van der Waals surface area contributed by atoms with E-state index in [1.165, 1.54) is 11.1 Å². The molecule has 0 fully saturated rings. The minimum Gasteiger partial charge on any atom is -0.365 e. The van der Waals surface area contributed by atoms with Crippen molar-refractivity contribution >= 4 is 11.7 Å². The molecule has 0 saturated carbocycles. The van der Waals surface area contributed by atoms with E-state index in [9.17, 15) is 4.79 Å². The summed E-state index contributed by atoms with van der Waals surface area (Å²) in [6, 6.07) is 11.9. The van der Waals surface area contributed by atoms with Crippen molar-refractivity contribution in [2.75, 3.05) is 18.4 Å². The molecule has 1 aromatic heterocycles. The maximum atomic E-state index is 12.5. The molecule has 0 aliphatic heterocycles. The highest BCUT2D eigenvalue weighted by atomic mass is 16.2. The van der Waals surface area contributed by atoms with Crippen LogP contribution in [0.1, 0.15) is 48.3 Å². The van der Waals surface area contributed by atoms with Gasteiger partial charge in [0.05, 0.1) is 0 Å². The highest BCUT2D eigenvalue weighted by Gasteiger charge is 2.16. The average molecular weight is 326 g/mol. The molecule has 1 heterocycles. The summed E-state index contributed by atoms with van der Waals surface area (Å²) in [6.45, 7) is 8.39. The first-order chi connectivity index (χ1) is 11.6. The van der Waals surface area contributed by atoms with Gasteiger partial charge in [-0.1, -0.05) is 43.7 Å². The predicted octanol–water partition coefficient (Wildman–Crippen LogP) is 3.66. The molecule has 5 nitrogen and oxygen atoms in total. The van der Waals surface area contributed by atoms with E-state index >= 15 is 0 Å². The Morgan fingerprint density at radius 2 is 1.67 bits per heavy atom. The monoisotopic (exact) mass is 326 g/mol. The number of nitrogens with one attached hydrogen (secondary N) is 1. The average Bonchev–Trinajstić information content (AvgIpc) is 2.61. The molecule has 24 heavy (non-hydrogen) atoms. The predicted molar refractivity (Wildman–Crippen MR) is 97.0 cm³/mol. The summed E-state index contributed by atoms with van der Waals surface area (Å²) < 4.78 is 0. The highest BCUT2D eigenvalue weighted by molar-refractivity contribution is 5.92. The van der Waals surface area contributed by atoms with Gasteiger partial charge in [0, 0.05) is 19.6 Å². The van der Waals surface area contributed by atoms with Gasteiger partial charge in [0.15, 0.2) is 5.69 Å². The standard InChI is InChI=1S/C19H26N4O/c1-4-12-23(13-5-2)19(24)17-10-11-18(22-21-17)20-14-16-8-6-15(3)7-9-16/h6-11H,4-5,12-14H2,1-3H3,(H,20,22). The first kappa shape index (κ1) is 17.9. The molecule has 1 aromatic carbocycles. The van der Waals surface area contributed by atoms with Crippen LogP contribution < -0.4 is 5.32 Å². The Hall–Kier alpha value is -2.43. The number of nitrogens with zero attached hydrogens (tertiary/aromatic N) is 3. The lowest BCUT2D eigenvalue weighted by molar-refractivity contribution is 0.0748. The molecule has 0 aliphatic carbocycles. The minimum atomic E-state index is -0.0451. The lowest BCUT2D eigenvalue weighted by Gasteiger charge is -2.20. The van der Waals surface area contributed by atoms with Crippen molar-refractivity contribution < 1.29 is 4.79 Å². The van der Waals surface area contributed by atoms with Crippen LogP contribution in [0.25, 0.3) is 0 Å². The van der Waals surface area contributed by atoms with Gasteiger partial charge in [-0.15, -0.1) is 10.2 Å². The molecule has 0 atom stereocenters. The second kappa shape index (κ2) is 9.01. The lowest BCUT2D eigenvalue weighted by Crippen LogP contribution is -2.33. The molecule has 0 aliphatic rings. The van der Waals surface area contributed by atoms with Crippen molar-refractivity contribution in [2.45, 2.75) is 40.2 Å². The second-order valence-corrected chi connectivity index (χ2v) is 5.94. The van der Waals surface area contributed by atoms with E-state index < -0.39 is 0 Å².